The van der Waals surface area contributed by atoms with Crippen LogP contribution in [0, 0.1) is 0 Å². The van der Waals surface area contributed by atoms with Gasteiger partial charge in [0, 0.05) is 6.20 Å². The first-order valence-corrected chi connectivity index (χ1v) is 4.18. The summed E-state index contributed by atoms with van der Waals surface area (Å²) >= 11 is 0. The van der Waals surface area contributed by atoms with Gasteiger partial charge in [0.25, 0.3) is 0 Å². The average molecular weight is 210 g/mol. The molecule has 0 aromatic carbocycles. The Morgan fingerprint density at radius 3 is 2.80 bits per heavy atom. The Labute approximate surface area is 85.5 Å². The van der Waals surface area contributed by atoms with Crippen molar-refractivity contribution < 1.29 is 14.7 Å². The summed E-state index contributed by atoms with van der Waals surface area (Å²) in [7, 11) is 0. The number of aromatic nitrogens is 2. The van der Waals surface area contributed by atoms with Crippen molar-refractivity contribution in [3.8, 4) is 0 Å². The molecule has 2 amide bonds. The van der Waals surface area contributed by atoms with Crippen LogP contribution in [0.15, 0.2) is 18.3 Å². The zero-order valence-corrected chi connectivity index (χ0v) is 7.80. The number of rotatable bonds is 4. The Hall–Kier alpha value is -2.18. The second-order valence-electron chi connectivity index (χ2n) is 2.64. The zero-order chi connectivity index (χ0) is 11.1. The Morgan fingerprint density at radius 1 is 1.40 bits per heavy atom. The molecule has 0 saturated carbocycles. The third-order valence-corrected chi connectivity index (χ3v) is 1.46. The third kappa shape index (κ3) is 4.55. The van der Waals surface area contributed by atoms with E-state index in [1.807, 2.05) is 0 Å². The van der Waals surface area contributed by atoms with Crippen molar-refractivity contribution in [2.24, 2.45) is 0 Å². The highest BCUT2D eigenvalue weighted by Gasteiger charge is 2.02. The van der Waals surface area contributed by atoms with Crippen LogP contribution < -0.4 is 10.6 Å². The van der Waals surface area contributed by atoms with Crippen molar-refractivity contribution in [3.63, 3.8) is 0 Å². The molecule has 0 atom stereocenters. The molecule has 1 aromatic heterocycles. The van der Waals surface area contributed by atoms with Gasteiger partial charge in [-0.25, -0.2) is 4.79 Å². The van der Waals surface area contributed by atoms with Gasteiger partial charge in [0.2, 0.25) is 0 Å². The van der Waals surface area contributed by atoms with E-state index >= 15 is 0 Å². The van der Waals surface area contributed by atoms with Crippen LogP contribution in [-0.4, -0.2) is 33.8 Å². The van der Waals surface area contributed by atoms with Gasteiger partial charge in [-0.3, -0.25) is 4.79 Å². The number of nitrogens with one attached hydrogen (secondary N) is 2. The van der Waals surface area contributed by atoms with Crippen LogP contribution in [0.3, 0.4) is 0 Å². The number of carboxylic acids is 1. The Morgan fingerprint density at radius 2 is 2.20 bits per heavy atom. The maximum Gasteiger partial charge on any atom is 0.323 e. The van der Waals surface area contributed by atoms with Gasteiger partial charge in [-0.2, -0.15) is 10.2 Å². The highest BCUT2D eigenvalue weighted by atomic mass is 16.4. The van der Waals surface area contributed by atoms with Crippen LogP contribution in [0.1, 0.15) is 5.69 Å². The molecule has 80 valence electrons. The van der Waals surface area contributed by atoms with E-state index in [-0.39, 0.29) is 6.54 Å². The Kier molecular flexibility index (Phi) is 4.02. The summed E-state index contributed by atoms with van der Waals surface area (Å²) in [6.07, 6.45) is 1.52. The lowest BCUT2D eigenvalue weighted by molar-refractivity contribution is -0.135. The standard InChI is InChI=1S/C8H10N4O3/c13-7(14)5-10-8(15)9-4-6-2-1-3-11-12-6/h1-3H,4-5H2,(H,13,14)(H2,9,10,15). The fraction of sp³-hybridized carbons (Fsp3) is 0.250. The third-order valence-electron chi connectivity index (χ3n) is 1.46. The topological polar surface area (TPSA) is 104 Å². The monoisotopic (exact) mass is 210 g/mol. The van der Waals surface area contributed by atoms with Crippen LogP contribution in [0.4, 0.5) is 4.79 Å². The molecule has 1 rings (SSSR count). The first-order valence-electron chi connectivity index (χ1n) is 4.18. The fourth-order valence-electron chi connectivity index (χ4n) is 0.817. The number of nitrogens with zero attached hydrogens (tertiary/aromatic N) is 2. The zero-order valence-electron chi connectivity index (χ0n) is 7.80. The molecule has 0 aliphatic heterocycles. The van der Waals surface area contributed by atoms with E-state index in [1.165, 1.54) is 6.20 Å². The maximum absolute atomic E-state index is 11.0. The quantitative estimate of drug-likeness (QED) is 0.613. The molecular formula is C8H10N4O3. The van der Waals surface area contributed by atoms with Crippen molar-refractivity contribution in [2.75, 3.05) is 6.54 Å². The summed E-state index contributed by atoms with van der Waals surface area (Å²) in [5.41, 5.74) is 0.600. The summed E-state index contributed by atoms with van der Waals surface area (Å²) in [4.78, 5) is 21.1. The predicted octanol–water partition coefficient (Wildman–Crippen LogP) is -0.640. The van der Waals surface area contributed by atoms with Crippen molar-refractivity contribution in [2.45, 2.75) is 6.54 Å². The van der Waals surface area contributed by atoms with Gasteiger partial charge in [-0.1, -0.05) is 0 Å². The lowest BCUT2D eigenvalue weighted by Crippen LogP contribution is -2.38. The van der Waals surface area contributed by atoms with Crippen molar-refractivity contribution in [1.82, 2.24) is 20.8 Å². The van der Waals surface area contributed by atoms with Gasteiger partial charge in [0.1, 0.15) is 6.54 Å². The molecule has 7 nitrogen and oxygen atoms in total. The van der Waals surface area contributed by atoms with Crippen molar-refractivity contribution >= 4 is 12.0 Å². The summed E-state index contributed by atoms with van der Waals surface area (Å²) < 4.78 is 0. The van der Waals surface area contributed by atoms with Crippen LogP contribution in [-0.2, 0) is 11.3 Å². The highest BCUT2D eigenvalue weighted by Crippen LogP contribution is 1.88. The van der Waals surface area contributed by atoms with Crippen LogP contribution >= 0.6 is 0 Å². The normalized spacial score (nSPS) is 9.33. The molecule has 15 heavy (non-hydrogen) atoms. The van der Waals surface area contributed by atoms with Gasteiger partial charge in [0.15, 0.2) is 0 Å². The van der Waals surface area contributed by atoms with Crippen LogP contribution in [0.2, 0.25) is 0 Å². The second-order valence-corrected chi connectivity index (χ2v) is 2.64. The maximum atomic E-state index is 11.0. The molecule has 0 bridgehead atoms. The highest BCUT2D eigenvalue weighted by molar-refractivity contribution is 5.79. The van der Waals surface area contributed by atoms with Crippen molar-refractivity contribution in [1.29, 1.82) is 0 Å². The van der Waals surface area contributed by atoms with E-state index in [9.17, 15) is 9.59 Å². The number of amides is 2. The van der Waals surface area contributed by atoms with Gasteiger partial charge in [-0.15, -0.1) is 0 Å². The minimum Gasteiger partial charge on any atom is -0.480 e. The first kappa shape index (κ1) is 10.9. The largest absolute Gasteiger partial charge is 0.480 e. The van der Waals surface area contributed by atoms with E-state index in [0.717, 1.165) is 0 Å². The molecule has 0 unspecified atom stereocenters. The molecule has 3 N–H and O–H groups in total. The minimum absolute atomic E-state index is 0.208. The van der Waals surface area contributed by atoms with Crippen molar-refractivity contribution in [3.05, 3.63) is 24.0 Å². The lowest BCUT2D eigenvalue weighted by Gasteiger charge is -2.04. The molecule has 1 heterocycles. The molecular weight excluding hydrogens is 200 g/mol. The van der Waals surface area contributed by atoms with Gasteiger partial charge in [0.05, 0.1) is 12.2 Å². The first-order chi connectivity index (χ1) is 7.18. The van der Waals surface area contributed by atoms with E-state index in [2.05, 4.69) is 20.8 Å². The smallest absolute Gasteiger partial charge is 0.323 e. The lowest BCUT2D eigenvalue weighted by atomic mass is 10.4. The predicted molar refractivity (Wildman–Crippen MR) is 49.9 cm³/mol. The van der Waals surface area contributed by atoms with E-state index in [1.54, 1.807) is 12.1 Å². The van der Waals surface area contributed by atoms with Crippen LogP contribution in [0.5, 0.6) is 0 Å². The number of urea groups is 1. The number of hydrogen-bond donors (Lipinski definition) is 3. The SMILES string of the molecule is O=C(O)CNC(=O)NCc1cccnn1. The molecule has 0 radical (unpaired) electrons. The number of carbonyl (C=O) groups is 2. The number of carboxylic acid groups (broad SMARTS) is 1. The van der Waals surface area contributed by atoms with Gasteiger partial charge >= 0.3 is 12.0 Å². The number of hydrogen-bond acceptors (Lipinski definition) is 4. The Balaban J connectivity index is 2.26. The fourth-order valence-corrected chi connectivity index (χ4v) is 0.817. The Bertz CT molecular complexity index is 341. The molecule has 1 aromatic rings. The van der Waals surface area contributed by atoms with Crippen LogP contribution in [0.25, 0.3) is 0 Å². The number of carbonyl (C=O) groups excluding carboxylic acids is 1. The summed E-state index contributed by atoms with van der Waals surface area (Å²) in [6, 6.07) is 2.84. The van der Waals surface area contributed by atoms with E-state index in [0.29, 0.717) is 5.69 Å². The molecule has 0 aliphatic carbocycles. The minimum atomic E-state index is -1.09. The summed E-state index contributed by atoms with van der Waals surface area (Å²) in [5, 5.41) is 20.2. The molecule has 0 saturated heterocycles. The van der Waals surface area contributed by atoms with Gasteiger partial charge in [-0.05, 0) is 12.1 Å². The molecule has 7 heteroatoms. The molecule has 0 aliphatic rings. The molecule has 0 spiro atoms. The summed E-state index contributed by atoms with van der Waals surface area (Å²) in [6.45, 7) is -0.203. The molecule has 0 fully saturated rings. The average Bonchev–Trinajstić information content (AvgIpc) is 2.25. The van der Waals surface area contributed by atoms with Gasteiger partial charge < -0.3 is 15.7 Å². The van der Waals surface area contributed by atoms with E-state index in [4.69, 9.17) is 5.11 Å². The van der Waals surface area contributed by atoms with E-state index < -0.39 is 18.5 Å². The summed E-state index contributed by atoms with van der Waals surface area (Å²) in [5.74, 6) is -1.09. The number of aliphatic carboxylic acids is 1. The second kappa shape index (κ2) is 5.53.